The predicted octanol–water partition coefficient (Wildman–Crippen LogP) is 2.52. The van der Waals surface area contributed by atoms with E-state index in [9.17, 15) is 10.1 Å². The molecule has 112 valence electrons. The summed E-state index contributed by atoms with van der Waals surface area (Å²) in [7, 11) is 1.66. The molecule has 0 radical (unpaired) electrons. The van der Waals surface area contributed by atoms with Gasteiger partial charge in [-0.05, 0) is 6.42 Å². The van der Waals surface area contributed by atoms with Crippen LogP contribution in [0.4, 0.5) is 5.69 Å². The third kappa shape index (κ3) is 4.27. The van der Waals surface area contributed by atoms with E-state index in [1.165, 1.54) is 17.8 Å². The number of methoxy groups -OCH3 is 1. The molecule has 0 amide bonds. The standard InChI is InChI=1S/C13H16N4O3S/c1-20-8-4-7-16-10-14-15-13(16)21-9-11-5-2-3-6-12(11)17(18)19/h2-3,5-6,10H,4,7-9H2,1H3. The largest absolute Gasteiger partial charge is 0.385 e. The first-order chi connectivity index (χ1) is 10.2. The van der Waals surface area contributed by atoms with E-state index in [0.717, 1.165) is 18.1 Å². The smallest absolute Gasteiger partial charge is 0.273 e. The number of nitro benzene ring substituents is 1. The van der Waals surface area contributed by atoms with E-state index < -0.39 is 0 Å². The summed E-state index contributed by atoms with van der Waals surface area (Å²) < 4.78 is 6.94. The number of rotatable bonds is 8. The predicted molar refractivity (Wildman–Crippen MR) is 79.2 cm³/mol. The average molecular weight is 308 g/mol. The number of ether oxygens (including phenoxy) is 1. The Morgan fingerprint density at radius 1 is 1.43 bits per heavy atom. The number of thioether (sulfide) groups is 1. The van der Waals surface area contributed by atoms with Crippen molar-refractivity contribution in [1.29, 1.82) is 0 Å². The molecule has 7 nitrogen and oxygen atoms in total. The molecule has 0 saturated carbocycles. The zero-order chi connectivity index (χ0) is 15.1. The highest BCUT2D eigenvalue weighted by molar-refractivity contribution is 7.98. The van der Waals surface area contributed by atoms with Crippen molar-refractivity contribution in [2.75, 3.05) is 13.7 Å². The van der Waals surface area contributed by atoms with Gasteiger partial charge in [-0.1, -0.05) is 30.0 Å². The highest BCUT2D eigenvalue weighted by Gasteiger charge is 2.14. The molecule has 2 rings (SSSR count). The monoisotopic (exact) mass is 308 g/mol. The molecule has 1 aromatic carbocycles. The molecule has 2 aromatic rings. The van der Waals surface area contributed by atoms with Gasteiger partial charge < -0.3 is 9.30 Å². The second-order valence-corrected chi connectivity index (χ2v) is 5.27. The Morgan fingerprint density at radius 2 is 2.24 bits per heavy atom. The maximum Gasteiger partial charge on any atom is 0.273 e. The summed E-state index contributed by atoms with van der Waals surface area (Å²) in [5.74, 6) is 0.486. The van der Waals surface area contributed by atoms with Gasteiger partial charge in [0.2, 0.25) is 0 Å². The number of aryl methyl sites for hydroxylation is 1. The number of aromatic nitrogens is 3. The molecule has 0 saturated heterocycles. The van der Waals surface area contributed by atoms with E-state index in [4.69, 9.17) is 4.74 Å². The molecule has 0 bridgehead atoms. The van der Waals surface area contributed by atoms with Gasteiger partial charge >= 0.3 is 0 Å². The Labute approximate surface area is 126 Å². The number of benzene rings is 1. The van der Waals surface area contributed by atoms with Gasteiger partial charge in [0.05, 0.1) is 4.92 Å². The van der Waals surface area contributed by atoms with Crippen molar-refractivity contribution < 1.29 is 9.66 Å². The van der Waals surface area contributed by atoms with Crippen molar-refractivity contribution in [2.24, 2.45) is 0 Å². The van der Waals surface area contributed by atoms with Crippen LogP contribution in [0.2, 0.25) is 0 Å². The minimum Gasteiger partial charge on any atom is -0.385 e. The summed E-state index contributed by atoms with van der Waals surface area (Å²) in [5, 5.41) is 19.7. The van der Waals surface area contributed by atoms with Crippen LogP contribution in [0.5, 0.6) is 0 Å². The number of nitro groups is 1. The maximum absolute atomic E-state index is 11.0. The Hall–Kier alpha value is -1.93. The molecule has 0 aliphatic rings. The normalized spacial score (nSPS) is 10.7. The van der Waals surface area contributed by atoms with Crippen molar-refractivity contribution in [3.05, 3.63) is 46.3 Å². The highest BCUT2D eigenvalue weighted by atomic mass is 32.2. The Kier molecular flexibility index (Phi) is 5.70. The summed E-state index contributed by atoms with van der Waals surface area (Å²) >= 11 is 1.44. The fourth-order valence-electron chi connectivity index (χ4n) is 1.84. The third-order valence-electron chi connectivity index (χ3n) is 2.87. The second-order valence-electron chi connectivity index (χ2n) is 4.33. The topological polar surface area (TPSA) is 83.1 Å². The van der Waals surface area contributed by atoms with E-state index in [0.29, 0.717) is 17.9 Å². The van der Waals surface area contributed by atoms with Gasteiger partial charge in [0, 0.05) is 37.6 Å². The molecule has 8 heteroatoms. The minimum absolute atomic E-state index is 0.135. The summed E-state index contributed by atoms with van der Waals surface area (Å²) in [6.07, 6.45) is 2.53. The first-order valence-electron chi connectivity index (χ1n) is 6.44. The van der Waals surface area contributed by atoms with Gasteiger partial charge in [0.1, 0.15) is 6.33 Å². The number of para-hydroxylation sites is 1. The fraction of sp³-hybridized carbons (Fsp3) is 0.385. The van der Waals surface area contributed by atoms with Crippen LogP contribution >= 0.6 is 11.8 Å². The number of nitrogens with zero attached hydrogens (tertiary/aromatic N) is 4. The Morgan fingerprint density at radius 3 is 3.00 bits per heavy atom. The van der Waals surface area contributed by atoms with Crippen molar-refractivity contribution in [3.8, 4) is 0 Å². The zero-order valence-electron chi connectivity index (χ0n) is 11.6. The van der Waals surface area contributed by atoms with E-state index in [-0.39, 0.29) is 10.6 Å². The summed E-state index contributed by atoms with van der Waals surface area (Å²) in [4.78, 5) is 10.6. The lowest BCUT2D eigenvalue weighted by Gasteiger charge is -2.06. The molecule has 1 aromatic heterocycles. The SMILES string of the molecule is COCCCn1cnnc1SCc1ccccc1[N+](=O)[O-]. The van der Waals surface area contributed by atoms with Crippen LogP contribution in [-0.2, 0) is 17.0 Å². The van der Waals surface area contributed by atoms with Crippen LogP contribution in [0.25, 0.3) is 0 Å². The Balaban J connectivity index is 2.00. The minimum atomic E-state index is -0.362. The van der Waals surface area contributed by atoms with Gasteiger partial charge in [0.15, 0.2) is 5.16 Å². The van der Waals surface area contributed by atoms with Gasteiger partial charge in [-0.2, -0.15) is 0 Å². The molecule has 0 spiro atoms. The summed E-state index contributed by atoms with van der Waals surface area (Å²) in [5.41, 5.74) is 0.814. The average Bonchev–Trinajstić information content (AvgIpc) is 2.93. The van der Waals surface area contributed by atoms with Crippen LogP contribution in [0.1, 0.15) is 12.0 Å². The van der Waals surface area contributed by atoms with Gasteiger partial charge in [-0.3, -0.25) is 10.1 Å². The quantitative estimate of drug-likeness (QED) is 0.322. The fourth-order valence-corrected chi connectivity index (χ4v) is 2.78. The first-order valence-corrected chi connectivity index (χ1v) is 7.42. The lowest BCUT2D eigenvalue weighted by molar-refractivity contribution is -0.385. The van der Waals surface area contributed by atoms with E-state index >= 15 is 0 Å². The van der Waals surface area contributed by atoms with Crippen LogP contribution in [-0.4, -0.2) is 33.4 Å². The van der Waals surface area contributed by atoms with Crippen molar-refractivity contribution in [1.82, 2.24) is 14.8 Å². The van der Waals surface area contributed by atoms with E-state index in [1.54, 1.807) is 31.6 Å². The number of hydrogen-bond acceptors (Lipinski definition) is 6. The lowest BCUT2D eigenvalue weighted by Crippen LogP contribution is -2.02. The van der Waals surface area contributed by atoms with Gasteiger partial charge in [0.25, 0.3) is 5.69 Å². The molecule has 0 aliphatic heterocycles. The summed E-state index contributed by atoms with van der Waals surface area (Å²) in [6.45, 7) is 1.44. The van der Waals surface area contributed by atoms with Gasteiger partial charge in [-0.15, -0.1) is 10.2 Å². The van der Waals surface area contributed by atoms with Gasteiger partial charge in [-0.25, -0.2) is 0 Å². The van der Waals surface area contributed by atoms with Crippen LogP contribution in [0.15, 0.2) is 35.7 Å². The molecule has 0 aliphatic carbocycles. The molecule has 0 fully saturated rings. The molecule has 1 heterocycles. The van der Waals surface area contributed by atoms with E-state index in [1.807, 2.05) is 4.57 Å². The summed E-state index contributed by atoms with van der Waals surface area (Å²) in [6, 6.07) is 6.74. The van der Waals surface area contributed by atoms with Crippen LogP contribution < -0.4 is 0 Å². The van der Waals surface area contributed by atoms with Crippen molar-refractivity contribution in [2.45, 2.75) is 23.9 Å². The Bertz CT molecular complexity index is 603. The molecule has 21 heavy (non-hydrogen) atoms. The zero-order valence-corrected chi connectivity index (χ0v) is 12.5. The van der Waals surface area contributed by atoms with Crippen LogP contribution in [0.3, 0.4) is 0 Å². The lowest BCUT2D eigenvalue weighted by atomic mass is 10.2. The third-order valence-corrected chi connectivity index (χ3v) is 3.90. The second kappa shape index (κ2) is 7.75. The highest BCUT2D eigenvalue weighted by Crippen LogP contribution is 2.26. The van der Waals surface area contributed by atoms with Crippen LogP contribution in [0, 0.1) is 10.1 Å². The van der Waals surface area contributed by atoms with Crippen molar-refractivity contribution >= 4 is 17.4 Å². The van der Waals surface area contributed by atoms with Crippen molar-refractivity contribution in [3.63, 3.8) is 0 Å². The maximum atomic E-state index is 11.0. The molecule has 0 unspecified atom stereocenters. The molecule has 0 atom stereocenters. The molecular weight excluding hydrogens is 292 g/mol. The number of hydrogen-bond donors (Lipinski definition) is 0. The van der Waals surface area contributed by atoms with E-state index in [2.05, 4.69) is 10.2 Å². The molecule has 0 N–H and O–H groups in total. The molecular formula is C13H16N4O3S. The first kappa shape index (κ1) is 15.5.